The Morgan fingerprint density at radius 1 is 1.35 bits per heavy atom. The minimum absolute atomic E-state index is 0.0957. The van der Waals surface area contributed by atoms with Gasteiger partial charge in [0.15, 0.2) is 0 Å². The Labute approximate surface area is 133 Å². The van der Waals surface area contributed by atoms with Crippen molar-refractivity contribution in [1.29, 1.82) is 0 Å². The average Bonchev–Trinajstić information content (AvgIpc) is 2.53. The summed E-state index contributed by atoms with van der Waals surface area (Å²) < 4.78 is 26.2. The lowest BCUT2D eigenvalue weighted by Crippen LogP contribution is -2.43. The molecular weight excluding hydrogens is 304 g/mol. The summed E-state index contributed by atoms with van der Waals surface area (Å²) in [5.41, 5.74) is 6.65. The highest BCUT2D eigenvalue weighted by Crippen LogP contribution is 2.32. The second-order valence-electron chi connectivity index (χ2n) is 5.43. The first kappa shape index (κ1) is 17.1. The van der Waals surface area contributed by atoms with Crippen molar-refractivity contribution < 1.29 is 18.4 Å². The van der Waals surface area contributed by atoms with Crippen LogP contribution in [-0.2, 0) is 9.59 Å². The molecule has 0 aliphatic carbocycles. The third-order valence-corrected chi connectivity index (χ3v) is 3.69. The lowest BCUT2D eigenvalue weighted by molar-refractivity contribution is -0.130. The van der Waals surface area contributed by atoms with Crippen molar-refractivity contribution >= 4 is 17.9 Å². The predicted molar refractivity (Wildman–Crippen MR) is 82.4 cm³/mol. The Hall–Kier alpha value is -2.28. The van der Waals surface area contributed by atoms with Crippen molar-refractivity contribution in [3.8, 4) is 0 Å². The molecule has 23 heavy (non-hydrogen) atoms. The molecule has 0 radical (unpaired) electrons. The largest absolute Gasteiger partial charge is 0.350 e. The summed E-state index contributed by atoms with van der Waals surface area (Å²) in [4.78, 5) is 25.2. The Kier molecular flexibility index (Phi) is 5.10. The number of alkyl halides is 2. The molecule has 1 aromatic carbocycles. The maximum atomic E-state index is 13.1. The monoisotopic (exact) mass is 323 g/mol. The first-order valence-corrected chi connectivity index (χ1v) is 7.24. The first-order valence-electron chi connectivity index (χ1n) is 7.24. The number of carbonyl (C=O) groups is 2. The maximum absolute atomic E-state index is 13.1. The van der Waals surface area contributed by atoms with Crippen LogP contribution >= 0.6 is 0 Å². The highest BCUT2D eigenvalue weighted by molar-refractivity contribution is 5.81. The lowest BCUT2D eigenvalue weighted by Gasteiger charge is -2.32. The highest BCUT2D eigenvalue weighted by atomic mass is 19.3. The lowest BCUT2D eigenvalue weighted by atomic mass is 9.93. The zero-order valence-corrected chi connectivity index (χ0v) is 12.8. The topological polar surface area (TPSA) is 75.4 Å². The van der Waals surface area contributed by atoms with E-state index in [1.165, 1.54) is 11.8 Å². The fraction of sp³-hybridized carbons (Fsp3) is 0.375. The van der Waals surface area contributed by atoms with Crippen LogP contribution in [0.5, 0.6) is 0 Å². The zero-order valence-electron chi connectivity index (χ0n) is 12.8. The van der Waals surface area contributed by atoms with Crippen LogP contribution in [0.25, 0.3) is 6.08 Å². The second-order valence-corrected chi connectivity index (χ2v) is 5.43. The third-order valence-electron chi connectivity index (χ3n) is 3.69. The molecule has 1 unspecified atom stereocenters. The van der Waals surface area contributed by atoms with E-state index in [4.69, 9.17) is 5.73 Å². The molecule has 1 heterocycles. The van der Waals surface area contributed by atoms with E-state index in [-0.39, 0.29) is 12.3 Å². The number of benzene rings is 1. The molecule has 1 aliphatic heterocycles. The SMILES string of the molecule is CC(=O)N1C=Cc2ccccc2C1CC(=O)NCC(F)(F)CN. The molecule has 0 spiro atoms. The van der Waals surface area contributed by atoms with Gasteiger partial charge in [-0.2, -0.15) is 0 Å². The van der Waals surface area contributed by atoms with E-state index in [9.17, 15) is 18.4 Å². The molecule has 0 saturated carbocycles. The number of halogens is 2. The van der Waals surface area contributed by atoms with E-state index in [2.05, 4.69) is 5.32 Å². The summed E-state index contributed by atoms with van der Waals surface area (Å²) in [6.07, 6.45) is 3.30. The Morgan fingerprint density at radius 2 is 2.04 bits per heavy atom. The Bertz CT molecular complexity index is 632. The number of nitrogens with one attached hydrogen (secondary N) is 1. The van der Waals surface area contributed by atoms with Gasteiger partial charge < -0.3 is 16.0 Å². The van der Waals surface area contributed by atoms with Crippen molar-refractivity contribution in [3.63, 3.8) is 0 Å². The fourth-order valence-corrected chi connectivity index (χ4v) is 2.46. The van der Waals surface area contributed by atoms with Gasteiger partial charge in [0, 0.05) is 13.1 Å². The standard InChI is InChI=1S/C16H19F2N3O2/c1-11(22)21-7-6-12-4-2-3-5-13(12)14(21)8-15(23)20-10-16(17,18)9-19/h2-7,14H,8-10,19H2,1H3,(H,20,23). The quantitative estimate of drug-likeness (QED) is 0.865. The third kappa shape index (κ3) is 4.13. The molecule has 1 atom stereocenters. The smallest absolute Gasteiger partial charge is 0.277 e. The summed E-state index contributed by atoms with van der Waals surface area (Å²) in [7, 11) is 0. The molecule has 3 N–H and O–H groups in total. The van der Waals surface area contributed by atoms with Gasteiger partial charge in [0.1, 0.15) is 0 Å². The molecule has 2 rings (SSSR count). The van der Waals surface area contributed by atoms with Crippen LogP contribution in [0.2, 0.25) is 0 Å². The molecule has 7 heteroatoms. The van der Waals surface area contributed by atoms with Gasteiger partial charge in [-0.3, -0.25) is 9.59 Å². The molecule has 2 amide bonds. The van der Waals surface area contributed by atoms with Gasteiger partial charge in [0.05, 0.1) is 25.6 Å². The van der Waals surface area contributed by atoms with Crippen LogP contribution in [0.3, 0.4) is 0 Å². The van der Waals surface area contributed by atoms with Crippen molar-refractivity contribution in [3.05, 3.63) is 41.6 Å². The van der Waals surface area contributed by atoms with Gasteiger partial charge in [-0.25, -0.2) is 8.78 Å². The zero-order chi connectivity index (χ0) is 17.0. The van der Waals surface area contributed by atoms with E-state index in [1.54, 1.807) is 12.3 Å². The van der Waals surface area contributed by atoms with Crippen LogP contribution in [0.1, 0.15) is 30.5 Å². The Balaban J connectivity index is 2.13. The molecule has 0 bridgehead atoms. The number of fused-ring (bicyclic) bond motifs is 1. The summed E-state index contributed by atoms with van der Waals surface area (Å²) in [6, 6.07) is 6.84. The normalized spacial score (nSPS) is 16.9. The second kappa shape index (κ2) is 6.87. The molecule has 0 saturated heterocycles. The maximum Gasteiger partial charge on any atom is 0.277 e. The average molecular weight is 323 g/mol. The molecule has 5 nitrogen and oxygen atoms in total. The number of rotatable bonds is 5. The van der Waals surface area contributed by atoms with Gasteiger partial charge in [0.2, 0.25) is 11.8 Å². The van der Waals surface area contributed by atoms with Crippen LogP contribution in [0, 0.1) is 0 Å². The fourth-order valence-electron chi connectivity index (χ4n) is 2.46. The first-order chi connectivity index (χ1) is 10.8. The van der Waals surface area contributed by atoms with E-state index in [1.807, 2.05) is 24.3 Å². The number of nitrogens with zero attached hydrogens (tertiary/aromatic N) is 1. The molecule has 0 aromatic heterocycles. The van der Waals surface area contributed by atoms with Gasteiger partial charge in [-0.15, -0.1) is 0 Å². The van der Waals surface area contributed by atoms with Crippen molar-refractivity contribution in [2.75, 3.05) is 13.1 Å². The van der Waals surface area contributed by atoms with E-state index < -0.39 is 31.0 Å². The van der Waals surface area contributed by atoms with E-state index >= 15 is 0 Å². The molecule has 0 fully saturated rings. The summed E-state index contributed by atoms with van der Waals surface area (Å²) in [5, 5.41) is 2.18. The summed E-state index contributed by atoms with van der Waals surface area (Å²) in [6.45, 7) is -0.250. The van der Waals surface area contributed by atoms with Gasteiger partial charge in [-0.1, -0.05) is 24.3 Å². The van der Waals surface area contributed by atoms with Crippen LogP contribution in [0.15, 0.2) is 30.5 Å². The summed E-state index contributed by atoms with van der Waals surface area (Å²) in [5.74, 6) is -3.92. The van der Waals surface area contributed by atoms with Crippen LogP contribution in [0.4, 0.5) is 8.78 Å². The van der Waals surface area contributed by atoms with Crippen molar-refractivity contribution in [2.45, 2.75) is 25.3 Å². The number of hydrogen-bond donors (Lipinski definition) is 2. The molecular formula is C16H19F2N3O2. The van der Waals surface area contributed by atoms with E-state index in [0.29, 0.717) is 0 Å². The highest BCUT2D eigenvalue weighted by Gasteiger charge is 2.30. The minimum Gasteiger partial charge on any atom is -0.350 e. The molecule has 124 valence electrons. The number of amides is 2. The number of hydrogen-bond acceptors (Lipinski definition) is 3. The van der Waals surface area contributed by atoms with Gasteiger partial charge >= 0.3 is 0 Å². The Morgan fingerprint density at radius 3 is 2.70 bits per heavy atom. The number of carbonyl (C=O) groups excluding carboxylic acids is 2. The minimum atomic E-state index is -3.14. The summed E-state index contributed by atoms with van der Waals surface area (Å²) >= 11 is 0. The van der Waals surface area contributed by atoms with Gasteiger partial charge in [0.25, 0.3) is 5.92 Å². The van der Waals surface area contributed by atoms with E-state index in [0.717, 1.165) is 11.1 Å². The molecule has 1 aliphatic rings. The molecule has 1 aromatic rings. The number of nitrogens with two attached hydrogens (primary N) is 1. The van der Waals surface area contributed by atoms with Crippen molar-refractivity contribution in [1.82, 2.24) is 10.2 Å². The predicted octanol–water partition coefficient (Wildman–Crippen LogP) is 1.66. The van der Waals surface area contributed by atoms with Crippen LogP contribution in [-0.4, -0.2) is 35.7 Å². The van der Waals surface area contributed by atoms with Crippen molar-refractivity contribution in [2.24, 2.45) is 5.73 Å². The van der Waals surface area contributed by atoms with Gasteiger partial charge in [-0.05, 0) is 17.2 Å². The van der Waals surface area contributed by atoms with Crippen LogP contribution < -0.4 is 11.1 Å².